The van der Waals surface area contributed by atoms with Crippen LogP contribution in [0, 0.1) is 0 Å². The van der Waals surface area contributed by atoms with Gasteiger partial charge in [0.1, 0.15) is 26.9 Å². The Bertz CT molecular complexity index is 1660. The van der Waals surface area contributed by atoms with Gasteiger partial charge in [-0.25, -0.2) is 0 Å². The molecule has 0 saturated heterocycles. The third-order valence-corrected chi connectivity index (χ3v) is 6.55. The van der Waals surface area contributed by atoms with Gasteiger partial charge < -0.3 is 10.2 Å². The zero-order chi connectivity index (χ0) is 23.3. The Kier molecular flexibility index (Phi) is 8.53. The molecule has 0 aromatic heterocycles. The third-order valence-electron chi connectivity index (χ3n) is 4.74. The minimum absolute atomic E-state index is 0. The van der Waals surface area contributed by atoms with E-state index in [4.69, 9.17) is 0 Å². The van der Waals surface area contributed by atoms with Gasteiger partial charge in [-0.2, -0.15) is 16.8 Å². The summed E-state index contributed by atoms with van der Waals surface area (Å²) in [6.45, 7) is 0. The first-order chi connectivity index (χ1) is 15.0. The fraction of sp³-hybridized carbons (Fsp3) is 0. The Hall–Kier alpha value is -2.05. The molecule has 170 valence electrons. The molecule has 0 amide bonds. The summed E-state index contributed by atoms with van der Waals surface area (Å²) < 4.78 is 65.2. The fourth-order valence-electron chi connectivity index (χ4n) is 3.34. The molecule has 4 N–H and O–H groups in total. The molecule has 4 aromatic carbocycles. The smallest absolute Gasteiger partial charge is 0.506 e. The van der Waals surface area contributed by atoms with E-state index < -0.39 is 41.5 Å². The van der Waals surface area contributed by atoms with Crippen LogP contribution in [0.4, 0.5) is 11.4 Å². The van der Waals surface area contributed by atoms with Gasteiger partial charge in [-0.1, -0.05) is 42.5 Å². The van der Waals surface area contributed by atoms with Crippen LogP contribution >= 0.6 is 0 Å². The van der Waals surface area contributed by atoms with Crippen LogP contribution < -0.4 is 29.6 Å². The zero-order valence-electron chi connectivity index (χ0n) is 17.3. The molecule has 4 rings (SSSR count). The predicted octanol–water partition coefficient (Wildman–Crippen LogP) is 1.31. The molecule has 0 spiro atoms. The molecule has 0 radical (unpaired) electrons. The van der Waals surface area contributed by atoms with Gasteiger partial charge in [0.2, 0.25) is 0 Å². The number of hydrogen-bond acceptors (Lipinski definition) is 8. The van der Waals surface area contributed by atoms with Crippen LogP contribution in [0.15, 0.2) is 80.7 Å². The number of azo groups is 1. The second-order valence-corrected chi connectivity index (χ2v) is 9.50. The fourth-order valence-corrected chi connectivity index (χ4v) is 4.77. The minimum atomic E-state index is -4.62. The van der Waals surface area contributed by atoms with E-state index in [-0.39, 0.29) is 79.8 Å². The van der Waals surface area contributed by atoms with Crippen molar-refractivity contribution in [3.8, 4) is 11.5 Å². The van der Waals surface area contributed by atoms with Crippen LogP contribution in [0.5, 0.6) is 11.5 Å². The Balaban J connectivity index is 0.00000204. The van der Waals surface area contributed by atoms with E-state index >= 15 is 0 Å². The van der Waals surface area contributed by atoms with Gasteiger partial charge in [0.25, 0.3) is 20.2 Å². The van der Waals surface area contributed by atoms with Crippen molar-refractivity contribution in [2.24, 2.45) is 10.2 Å². The van der Waals surface area contributed by atoms with Crippen molar-refractivity contribution >= 4 is 53.2 Å². The Labute approximate surface area is 226 Å². The second kappa shape index (κ2) is 10.3. The number of benzene rings is 4. The average Bonchev–Trinajstić information content (AvgIpc) is 2.72. The molecular weight excluding hydrogens is 535 g/mol. The van der Waals surface area contributed by atoms with Crippen LogP contribution in [-0.4, -0.2) is 36.2 Å². The van der Waals surface area contributed by atoms with E-state index in [0.29, 0.717) is 0 Å². The van der Waals surface area contributed by atoms with E-state index in [2.05, 4.69) is 10.2 Å². The first kappa shape index (κ1) is 28.2. The van der Waals surface area contributed by atoms with E-state index in [1.807, 2.05) is 0 Å². The van der Waals surface area contributed by atoms with Crippen molar-refractivity contribution in [1.82, 2.24) is 0 Å². The summed E-state index contributed by atoms with van der Waals surface area (Å²) >= 11 is 0. The van der Waals surface area contributed by atoms with Gasteiger partial charge >= 0.3 is 29.6 Å². The predicted molar refractivity (Wildman–Crippen MR) is 115 cm³/mol. The van der Waals surface area contributed by atoms with E-state index in [1.165, 1.54) is 48.5 Å². The molecule has 34 heavy (non-hydrogen) atoms. The molecular formula is C20H14CrN2NaO8S2+. The van der Waals surface area contributed by atoms with Gasteiger partial charge in [0.05, 0.1) is 0 Å². The molecule has 4 aromatic rings. The standard InChI is InChI=1S/C20H14N2O8S2.Cr.Na/c23-16-10-18(32(28,29)30)11-4-1-2-5-13(11)19(16)22-21-15-9-8-12-14(20(15)24)6-3-7-17(12)31(25,26)27;;/h1-10,23-24H,(H,25,26,27)(H,28,29,30);;/q;;+1. The summed E-state index contributed by atoms with van der Waals surface area (Å²) in [4.78, 5) is -0.894. The van der Waals surface area contributed by atoms with E-state index in [1.54, 1.807) is 6.07 Å². The Morgan fingerprint density at radius 2 is 1.21 bits per heavy atom. The average molecular weight is 549 g/mol. The molecule has 0 atom stereocenters. The van der Waals surface area contributed by atoms with Crippen molar-refractivity contribution < 1.29 is 83.1 Å². The summed E-state index contributed by atoms with van der Waals surface area (Å²) in [6, 6.07) is 13.4. The number of phenolic OH excluding ortho intramolecular Hbond substituents is 2. The van der Waals surface area contributed by atoms with Gasteiger partial charge in [-0.3, -0.25) is 9.11 Å². The van der Waals surface area contributed by atoms with Crippen molar-refractivity contribution in [1.29, 1.82) is 0 Å². The van der Waals surface area contributed by atoms with Crippen LogP contribution in [0.3, 0.4) is 0 Å². The molecule has 10 nitrogen and oxygen atoms in total. The molecule has 0 unspecified atom stereocenters. The first-order valence-corrected chi connectivity index (χ1v) is 11.7. The topological polar surface area (TPSA) is 174 Å². The SMILES string of the molecule is O=S(=O)(O)c1cccc2c(O)c(N=Nc3c(O)cc(S(=O)(=O)O)c4ccccc34)ccc12.[Cr].[Na+]. The Morgan fingerprint density at radius 1 is 0.647 bits per heavy atom. The number of hydrogen-bond donors (Lipinski definition) is 4. The maximum Gasteiger partial charge on any atom is 1.00 e. The molecule has 0 heterocycles. The maximum absolute atomic E-state index is 11.7. The quantitative estimate of drug-likeness (QED) is 0.168. The van der Waals surface area contributed by atoms with Gasteiger partial charge in [0.15, 0.2) is 5.75 Å². The Morgan fingerprint density at radius 3 is 1.82 bits per heavy atom. The zero-order valence-corrected chi connectivity index (χ0v) is 22.2. The van der Waals surface area contributed by atoms with Crippen molar-refractivity contribution in [2.75, 3.05) is 0 Å². The van der Waals surface area contributed by atoms with Crippen molar-refractivity contribution in [2.45, 2.75) is 9.79 Å². The van der Waals surface area contributed by atoms with Crippen LogP contribution in [0.25, 0.3) is 21.5 Å². The monoisotopic (exact) mass is 549 g/mol. The maximum atomic E-state index is 11.7. The molecule has 0 fully saturated rings. The molecule has 0 aliphatic rings. The second-order valence-electron chi connectivity index (χ2n) is 6.72. The van der Waals surface area contributed by atoms with Gasteiger partial charge in [-0.15, -0.1) is 10.2 Å². The van der Waals surface area contributed by atoms with Gasteiger partial charge in [-0.05, 0) is 12.1 Å². The van der Waals surface area contributed by atoms with E-state index in [9.17, 15) is 36.2 Å². The summed E-state index contributed by atoms with van der Waals surface area (Å²) in [6.07, 6.45) is 0. The number of phenols is 2. The largest absolute Gasteiger partial charge is 1.00 e. The van der Waals surface area contributed by atoms with Crippen molar-refractivity contribution in [3.05, 3.63) is 60.7 Å². The number of aromatic hydroxyl groups is 2. The summed E-state index contributed by atoms with van der Waals surface area (Å²) in [5.41, 5.74) is -0.188. The van der Waals surface area contributed by atoms with Crippen LogP contribution in [0.2, 0.25) is 0 Å². The molecule has 14 heteroatoms. The normalized spacial score (nSPS) is 11.9. The van der Waals surface area contributed by atoms with Crippen LogP contribution in [-0.2, 0) is 37.6 Å². The number of rotatable bonds is 4. The van der Waals surface area contributed by atoms with Crippen molar-refractivity contribution in [3.63, 3.8) is 0 Å². The number of nitrogens with zero attached hydrogens (tertiary/aromatic N) is 2. The summed E-state index contributed by atoms with van der Waals surface area (Å²) in [5, 5.41) is 29.1. The molecule has 0 saturated carbocycles. The molecule has 0 aliphatic heterocycles. The molecule has 0 aliphatic carbocycles. The third kappa shape index (κ3) is 5.28. The summed E-state index contributed by atoms with van der Waals surface area (Å²) in [7, 11) is -9.15. The van der Waals surface area contributed by atoms with E-state index in [0.717, 1.165) is 6.07 Å². The minimum Gasteiger partial charge on any atom is -0.506 e. The molecule has 0 bridgehead atoms. The van der Waals surface area contributed by atoms with Crippen LogP contribution in [0.1, 0.15) is 0 Å². The first-order valence-electron chi connectivity index (χ1n) is 8.84. The summed E-state index contributed by atoms with van der Waals surface area (Å²) in [5.74, 6) is -0.996. The number of fused-ring (bicyclic) bond motifs is 2. The van der Waals surface area contributed by atoms with Gasteiger partial charge in [0, 0.05) is 45.0 Å².